The number of carboxylic acids is 1. The molecule has 0 bridgehead atoms. The maximum Gasteiger partial charge on any atom is 0.329 e. The van der Waals surface area contributed by atoms with Gasteiger partial charge in [-0.2, -0.15) is 0 Å². The number of rotatable bonds is 5. The Morgan fingerprint density at radius 3 is 2.57 bits per heavy atom. The molecule has 7 heteroatoms. The molecule has 23 heavy (non-hydrogen) atoms. The molecular formula is C16H15FN2O3S. The average Bonchev–Trinajstić information content (AvgIpc) is 3.19. The van der Waals surface area contributed by atoms with E-state index >= 15 is 0 Å². The van der Waals surface area contributed by atoms with E-state index in [2.05, 4.69) is 10.3 Å². The van der Waals surface area contributed by atoms with Crippen molar-refractivity contribution in [2.45, 2.75) is 31.7 Å². The van der Waals surface area contributed by atoms with Gasteiger partial charge in [-0.1, -0.05) is 12.1 Å². The molecule has 1 heterocycles. The molecule has 5 nitrogen and oxygen atoms in total. The average molecular weight is 334 g/mol. The van der Waals surface area contributed by atoms with Gasteiger partial charge in [0.05, 0.1) is 10.7 Å². The van der Waals surface area contributed by atoms with E-state index in [4.69, 9.17) is 5.11 Å². The number of benzene rings is 1. The quantitative estimate of drug-likeness (QED) is 0.881. The number of aromatic nitrogens is 1. The highest BCUT2D eigenvalue weighted by Gasteiger charge is 2.52. The second kappa shape index (κ2) is 5.73. The van der Waals surface area contributed by atoms with E-state index in [1.807, 2.05) is 0 Å². The van der Waals surface area contributed by atoms with Gasteiger partial charge in [-0.25, -0.2) is 14.2 Å². The van der Waals surface area contributed by atoms with Crippen molar-refractivity contribution in [2.75, 3.05) is 0 Å². The van der Waals surface area contributed by atoms with E-state index < -0.39 is 17.4 Å². The second-order valence-electron chi connectivity index (χ2n) is 5.67. The number of amides is 1. The Labute approximate surface area is 136 Å². The van der Waals surface area contributed by atoms with Gasteiger partial charge in [0.25, 0.3) is 5.91 Å². The van der Waals surface area contributed by atoms with E-state index in [9.17, 15) is 14.0 Å². The van der Waals surface area contributed by atoms with Crippen LogP contribution in [-0.4, -0.2) is 27.5 Å². The molecule has 120 valence electrons. The summed E-state index contributed by atoms with van der Waals surface area (Å²) in [4.78, 5) is 28.2. The first-order valence-corrected chi connectivity index (χ1v) is 7.98. The molecule has 0 atom stereocenters. The van der Waals surface area contributed by atoms with Crippen molar-refractivity contribution in [1.29, 1.82) is 0 Å². The van der Waals surface area contributed by atoms with Gasteiger partial charge in [-0.15, -0.1) is 11.3 Å². The Bertz CT molecular complexity index is 766. The minimum absolute atomic E-state index is 0.299. The predicted octanol–water partition coefficient (Wildman–Crippen LogP) is 2.53. The fourth-order valence-electron chi connectivity index (χ4n) is 2.31. The van der Waals surface area contributed by atoms with Gasteiger partial charge < -0.3 is 10.4 Å². The van der Waals surface area contributed by atoms with Crippen molar-refractivity contribution in [3.8, 4) is 0 Å². The Morgan fingerprint density at radius 1 is 1.35 bits per heavy atom. The molecule has 2 N–H and O–H groups in total. The van der Waals surface area contributed by atoms with Crippen molar-refractivity contribution in [3.05, 3.63) is 51.2 Å². The van der Waals surface area contributed by atoms with Crippen LogP contribution in [0.5, 0.6) is 0 Å². The van der Waals surface area contributed by atoms with E-state index in [-0.39, 0.29) is 5.82 Å². The Kier molecular flexibility index (Phi) is 3.89. The SMILES string of the molecule is Cc1nc(Cc2ccc(F)cc2)sc1C(=O)NC1(C(=O)O)CC1. The van der Waals surface area contributed by atoms with Crippen LogP contribution in [0.2, 0.25) is 0 Å². The van der Waals surface area contributed by atoms with Gasteiger partial charge in [0.15, 0.2) is 0 Å². The van der Waals surface area contributed by atoms with Crippen molar-refractivity contribution in [2.24, 2.45) is 0 Å². The van der Waals surface area contributed by atoms with Crippen LogP contribution in [-0.2, 0) is 11.2 Å². The fraction of sp³-hybridized carbons (Fsp3) is 0.312. The number of aryl methyl sites for hydroxylation is 1. The molecule has 1 aromatic heterocycles. The Balaban J connectivity index is 1.74. The third-order valence-electron chi connectivity index (χ3n) is 3.83. The summed E-state index contributed by atoms with van der Waals surface area (Å²) in [6, 6.07) is 6.12. The van der Waals surface area contributed by atoms with E-state index in [0.717, 1.165) is 10.6 Å². The zero-order chi connectivity index (χ0) is 16.6. The molecule has 1 aliphatic carbocycles. The maximum atomic E-state index is 12.9. The number of aliphatic carboxylic acids is 1. The van der Waals surface area contributed by atoms with Crippen LogP contribution >= 0.6 is 11.3 Å². The van der Waals surface area contributed by atoms with E-state index in [1.54, 1.807) is 19.1 Å². The highest BCUT2D eigenvalue weighted by molar-refractivity contribution is 7.13. The number of halogens is 1. The van der Waals surface area contributed by atoms with Gasteiger partial charge in [-0.05, 0) is 37.5 Å². The number of carboxylic acid groups (broad SMARTS) is 1. The normalized spacial score (nSPS) is 15.2. The number of hydrogen-bond donors (Lipinski definition) is 2. The number of hydrogen-bond acceptors (Lipinski definition) is 4. The van der Waals surface area contributed by atoms with Gasteiger partial charge in [-0.3, -0.25) is 4.79 Å². The van der Waals surface area contributed by atoms with Crippen LogP contribution in [0.3, 0.4) is 0 Å². The third kappa shape index (κ3) is 3.24. The third-order valence-corrected chi connectivity index (χ3v) is 4.98. The zero-order valence-electron chi connectivity index (χ0n) is 12.4. The first-order chi connectivity index (χ1) is 10.9. The van der Waals surface area contributed by atoms with Crippen LogP contribution < -0.4 is 5.32 Å². The van der Waals surface area contributed by atoms with Crippen LogP contribution in [0.25, 0.3) is 0 Å². The fourth-order valence-corrected chi connectivity index (χ4v) is 3.30. The number of carbonyl (C=O) groups is 2. The summed E-state index contributed by atoms with van der Waals surface area (Å²) in [6.45, 7) is 1.72. The number of nitrogens with one attached hydrogen (secondary N) is 1. The first-order valence-electron chi connectivity index (χ1n) is 7.16. The lowest BCUT2D eigenvalue weighted by molar-refractivity contribution is -0.140. The summed E-state index contributed by atoms with van der Waals surface area (Å²) in [5, 5.41) is 12.5. The van der Waals surface area contributed by atoms with Gasteiger partial charge >= 0.3 is 5.97 Å². The van der Waals surface area contributed by atoms with Crippen LogP contribution in [0.1, 0.15) is 38.8 Å². The molecule has 1 aliphatic rings. The van der Waals surface area contributed by atoms with Crippen molar-refractivity contribution in [1.82, 2.24) is 10.3 Å². The topological polar surface area (TPSA) is 79.3 Å². The molecule has 1 saturated carbocycles. The first kappa shape index (κ1) is 15.6. The van der Waals surface area contributed by atoms with Crippen LogP contribution in [0.4, 0.5) is 4.39 Å². The summed E-state index contributed by atoms with van der Waals surface area (Å²) in [5.74, 6) is -1.70. The molecule has 0 saturated heterocycles. The molecule has 3 rings (SSSR count). The second-order valence-corrected chi connectivity index (χ2v) is 6.75. The molecule has 0 spiro atoms. The lowest BCUT2D eigenvalue weighted by atomic mass is 10.1. The van der Waals surface area contributed by atoms with Crippen LogP contribution in [0, 0.1) is 12.7 Å². The standard InChI is InChI=1S/C16H15FN2O3S/c1-9-13(14(20)19-16(6-7-16)15(21)22)23-12(18-9)8-10-2-4-11(17)5-3-10/h2-5H,6-8H2,1H3,(H,19,20)(H,21,22). The number of nitrogens with zero attached hydrogens (tertiary/aromatic N) is 1. The van der Waals surface area contributed by atoms with Gasteiger partial charge in [0, 0.05) is 6.42 Å². The lowest BCUT2D eigenvalue weighted by Gasteiger charge is -2.11. The molecule has 1 amide bonds. The molecule has 0 unspecified atom stereocenters. The van der Waals surface area contributed by atoms with Crippen molar-refractivity contribution < 1.29 is 19.1 Å². The summed E-state index contributed by atoms with van der Waals surface area (Å²) < 4.78 is 12.9. The highest BCUT2D eigenvalue weighted by Crippen LogP contribution is 2.36. The molecule has 0 aliphatic heterocycles. The highest BCUT2D eigenvalue weighted by atomic mass is 32.1. The van der Waals surface area contributed by atoms with Crippen LogP contribution in [0.15, 0.2) is 24.3 Å². The Morgan fingerprint density at radius 2 is 2.00 bits per heavy atom. The number of carbonyl (C=O) groups excluding carboxylic acids is 1. The van der Waals surface area contributed by atoms with Gasteiger partial charge in [0.2, 0.25) is 0 Å². The summed E-state index contributed by atoms with van der Waals surface area (Å²) in [5.41, 5.74) is 0.368. The summed E-state index contributed by atoms with van der Waals surface area (Å²) >= 11 is 1.24. The molecule has 1 fully saturated rings. The summed E-state index contributed by atoms with van der Waals surface area (Å²) in [6.07, 6.45) is 1.41. The van der Waals surface area contributed by atoms with Gasteiger partial charge in [0.1, 0.15) is 16.2 Å². The summed E-state index contributed by atoms with van der Waals surface area (Å²) in [7, 11) is 0. The molecule has 1 aromatic carbocycles. The Hall–Kier alpha value is -2.28. The molecule has 0 radical (unpaired) electrons. The molecule has 2 aromatic rings. The van der Waals surface area contributed by atoms with E-state index in [1.165, 1.54) is 23.5 Å². The smallest absolute Gasteiger partial charge is 0.329 e. The maximum absolute atomic E-state index is 12.9. The largest absolute Gasteiger partial charge is 0.480 e. The number of thiazole rings is 1. The van der Waals surface area contributed by atoms with Crippen molar-refractivity contribution in [3.63, 3.8) is 0 Å². The monoisotopic (exact) mass is 334 g/mol. The minimum Gasteiger partial charge on any atom is -0.480 e. The van der Waals surface area contributed by atoms with E-state index in [0.29, 0.717) is 29.8 Å². The minimum atomic E-state index is -1.11. The molecular weight excluding hydrogens is 319 g/mol. The predicted molar refractivity (Wildman–Crippen MR) is 83.1 cm³/mol. The van der Waals surface area contributed by atoms with Crippen molar-refractivity contribution >= 4 is 23.2 Å². The zero-order valence-corrected chi connectivity index (χ0v) is 13.2. The lowest BCUT2D eigenvalue weighted by Crippen LogP contribution is -2.42.